The molecule has 2 fully saturated rings. The molecule has 0 radical (unpaired) electrons. The number of amides is 2. The van der Waals surface area contributed by atoms with E-state index in [0.29, 0.717) is 18.8 Å². The molecule has 0 spiro atoms. The maximum absolute atomic E-state index is 12.6. The summed E-state index contributed by atoms with van der Waals surface area (Å²) in [7, 11) is 3.49. The number of esters is 1. The molecule has 0 bridgehead atoms. The zero-order chi connectivity index (χ0) is 19.7. The lowest BCUT2D eigenvalue weighted by atomic mass is 9.81. The standard InChI is InChI=1S/C17H24N6O4/c1-9(23-13(24)10-6-4-5-7-11(10)14(23)25)15(26)27-8-12-19-16(18)21-17(20-12)22(2)3/h9-11H,4-8H2,1-3H3,(H2,18,19,20,21)/t9-,10-,11+/m0/s1. The van der Waals surface area contributed by atoms with Gasteiger partial charge in [0.15, 0.2) is 12.4 Å². The largest absolute Gasteiger partial charge is 0.456 e. The van der Waals surface area contributed by atoms with Gasteiger partial charge in [0, 0.05) is 14.1 Å². The first kappa shape index (κ1) is 19.0. The second-order valence-corrected chi connectivity index (χ2v) is 7.13. The summed E-state index contributed by atoms with van der Waals surface area (Å²) in [6.45, 7) is 1.28. The number of hydrogen-bond acceptors (Lipinski definition) is 9. The van der Waals surface area contributed by atoms with E-state index in [9.17, 15) is 14.4 Å². The van der Waals surface area contributed by atoms with Crippen LogP contribution >= 0.6 is 0 Å². The normalized spacial score (nSPS) is 23.1. The Morgan fingerprint density at radius 3 is 2.33 bits per heavy atom. The Kier molecular flexibility index (Phi) is 5.24. The lowest BCUT2D eigenvalue weighted by molar-refractivity contribution is -0.159. The highest BCUT2D eigenvalue weighted by atomic mass is 16.5. The van der Waals surface area contributed by atoms with Crippen molar-refractivity contribution in [1.29, 1.82) is 0 Å². The van der Waals surface area contributed by atoms with Crippen LogP contribution in [-0.2, 0) is 25.7 Å². The SMILES string of the molecule is C[C@@H](C(=O)OCc1nc(N)nc(N(C)C)n1)N1C(=O)[C@H]2CCCC[C@H]2C1=O. The highest BCUT2D eigenvalue weighted by Gasteiger charge is 2.51. The zero-order valence-corrected chi connectivity index (χ0v) is 15.7. The predicted octanol–water partition coefficient (Wildman–Crippen LogP) is 0.127. The number of nitrogens with two attached hydrogens (primary N) is 1. The fourth-order valence-corrected chi connectivity index (χ4v) is 3.62. The Labute approximate surface area is 157 Å². The van der Waals surface area contributed by atoms with Crippen molar-refractivity contribution in [2.24, 2.45) is 11.8 Å². The second-order valence-electron chi connectivity index (χ2n) is 7.13. The summed E-state index contributed by atoms with van der Waals surface area (Å²) in [5.74, 6) is -1.26. The minimum Gasteiger partial charge on any atom is -0.456 e. The molecule has 2 amide bonds. The summed E-state index contributed by atoms with van der Waals surface area (Å²) in [5.41, 5.74) is 5.64. The Bertz CT molecular complexity index is 744. The molecule has 146 valence electrons. The Morgan fingerprint density at radius 1 is 1.19 bits per heavy atom. The molecule has 2 N–H and O–H groups in total. The average molecular weight is 376 g/mol. The summed E-state index contributed by atoms with van der Waals surface area (Å²) < 4.78 is 5.23. The van der Waals surface area contributed by atoms with Crippen LogP contribution in [0.4, 0.5) is 11.9 Å². The van der Waals surface area contributed by atoms with Crippen LogP contribution in [0.15, 0.2) is 0 Å². The van der Waals surface area contributed by atoms with Crippen LogP contribution in [-0.4, -0.2) is 57.8 Å². The van der Waals surface area contributed by atoms with E-state index in [-0.39, 0.29) is 42.0 Å². The highest BCUT2D eigenvalue weighted by Crippen LogP contribution is 2.38. The van der Waals surface area contributed by atoms with Gasteiger partial charge in [-0.05, 0) is 19.8 Å². The Hall–Kier alpha value is -2.78. The smallest absolute Gasteiger partial charge is 0.329 e. The molecular weight excluding hydrogens is 352 g/mol. The van der Waals surface area contributed by atoms with Crippen molar-refractivity contribution in [3.8, 4) is 0 Å². The number of carbonyl (C=O) groups excluding carboxylic acids is 3. The average Bonchev–Trinajstić information content (AvgIpc) is 2.89. The van der Waals surface area contributed by atoms with Crippen molar-refractivity contribution in [2.45, 2.75) is 45.3 Å². The second kappa shape index (κ2) is 7.45. The van der Waals surface area contributed by atoms with Crippen LogP contribution in [0.5, 0.6) is 0 Å². The van der Waals surface area contributed by atoms with Crippen LogP contribution < -0.4 is 10.6 Å². The molecule has 0 unspecified atom stereocenters. The number of carbonyl (C=O) groups is 3. The number of likely N-dealkylation sites (tertiary alicyclic amines) is 1. The number of nitrogen functional groups attached to an aromatic ring is 1. The zero-order valence-electron chi connectivity index (χ0n) is 15.7. The van der Waals surface area contributed by atoms with Gasteiger partial charge in [0.1, 0.15) is 6.04 Å². The topological polar surface area (TPSA) is 132 Å². The van der Waals surface area contributed by atoms with Crippen LogP contribution in [0.25, 0.3) is 0 Å². The summed E-state index contributed by atoms with van der Waals surface area (Å²) in [6, 6.07) is -0.983. The van der Waals surface area contributed by atoms with Crippen molar-refractivity contribution in [2.75, 3.05) is 24.7 Å². The number of imide groups is 1. The number of fused-ring (bicyclic) bond motifs is 1. The van der Waals surface area contributed by atoms with Crippen LogP contribution in [0.3, 0.4) is 0 Å². The number of hydrogen-bond donors (Lipinski definition) is 1. The molecule has 3 atom stereocenters. The van der Waals surface area contributed by atoms with E-state index in [0.717, 1.165) is 17.7 Å². The van der Waals surface area contributed by atoms with E-state index >= 15 is 0 Å². The lowest BCUT2D eigenvalue weighted by Crippen LogP contribution is -2.44. The van der Waals surface area contributed by atoms with Crippen molar-refractivity contribution < 1.29 is 19.1 Å². The molecule has 0 aromatic carbocycles. The van der Waals surface area contributed by atoms with Crippen molar-refractivity contribution in [3.05, 3.63) is 5.82 Å². The van der Waals surface area contributed by atoms with Gasteiger partial charge < -0.3 is 15.4 Å². The van der Waals surface area contributed by atoms with Gasteiger partial charge in [-0.25, -0.2) is 4.79 Å². The molecular formula is C17H24N6O4. The maximum Gasteiger partial charge on any atom is 0.329 e. The molecule has 27 heavy (non-hydrogen) atoms. The van der Waals surface area contributed by atoms with E-state index < -0.39 is 12.0 Å². The maximum atomic E-state index is 12.6. The summed E-state index contributed by atoms with van der Waals surface area (Å²) in [6.07, 6.45) is 3.26. The van der Waals surface area contributed by atoms with E-state index in [4.69, 9.17) is 10.5 Å². The predicted molar refractivity (Wildman–Crippen MR) is 95.1 cm³/mol. The molecule has 1 aromatic rings. The first-order valence-corrected chi connectivity index (χ1v) is 9.01. The van der Waals surface area contributed by atoms with Gasteiger partial charge in [0.25, 0.3) is 0 Å². The first-order valence-electron chi connectivity index (χ1n) is 9.01. The fraction of sp³-hybridized carbons (Fsp3) is 0.647. The number of ether oxygens (including phenoxy) is 1. The fourth-order valence-electron chi connectivity index (χ4n) is 3.62. The highest BCUT2D eigenvalue weighted by molar-refractivity contribution is 6.07. The van der Waals surface area contributed by atoms with Gasteiger partial charge >= 0.3 is 5.97 Å². The minimum absolute atomic E-state index is 0.0155. The van der Waals surface area contributed by atoms with Gasteiger partial charge in [-0.3, -0.25) is 14.5 Å². The third-order valence-corrected chi connectivity index (χ3v) is 5.03. The molecule has 2 aliphatic rings. The first-order chi connectivity index (χ1) is 12.8. The molecule has 1 saturated heterocycles. The number of nitrogens with zero attached hydrogens (tertiary/aromatic N) is 5. The van der Waals surface area contributed by atoms with Gasteiger partial charge in [-0.2, -0.15) is 15.0 Å². The van der Waals surface area contributed by atoms with Gasteiger partial charge in [-0.15, -0.1) is 0 Å². The summed E-state index contributed by atoms with van der Waals surface area (Å²) in [4.78, 5) is 52.3. The minimum atomic E-state index is -0.983. The van der Waals surface area contributed by atoms with E-state index in [1.165, 1.54) is 6.92 Å². The quantitative estimate of drug-likeness (QED) is 0.562. The lowest BCUT2D eigenvalue weighted by Gasteiger charge is -2.21. The molecule has 10 nitrogen and oxygen atoms in total. The summed E-state index contributed by atoms with van der Waals surface area (Å²) in [5, 5.41) is 0. The van der Waals surface area contributed by atoms with Crippen molar-refractivity contribution >= 4 is 29.7 Å². The molecule has 3 rings (SSSR count). The molecule has 1 aliphatic heterocycles. The van der Waals surface area contributed by atoms with Gasteiger partial charge in [0.2, 0.25) is 23.7 Å². The molecule has 1 saturated carbocycles. The third-order valence-electron chi connectivity index (χ3n) is 5.03. The molecule has 10 heteroatoms. The number of aromatic nitrogens is 3. The van der Waals surface area contributed by atoms with Gasteiger partial charge in [0.05, 0.1) is 11.8 Å². The number of anilines is 2. The molecule has 2 heterocycles. The Morgan fingerprint density at radius 2 is 1.78 bits per heavy atom. The van der Waals surface area contributed by atoms with Crippen LogP contribution in [0, 0.1) is 11.8 Å². The monoisotopic (exact) mass is 376 g/mol. The van der Waals surface area contributed by atoms with Gasteiger partial charge in [-0.1, -0.05) is 12.8 Å². The van der Waals surface area contributed by atoms with E-state index in [1.807, 2.05) is 0 Å². The molecule has 1 aromatic heterocycles. The van der Waals surface area contributed by atoms with Crippen LogP contribution in [0.1, 0.15) is 38.4 Å². The number of rotatable bonds is 5. The van der Waals surface area contributed by atoms with Crippen LogP contribution in [0.2, 0.25) is 0 Å². The molecule has 1 aliphatic carbocycles. The van der Waals surface area contributed by atoms with Crippen molar-refractivity contribution in [1.82, 2.24) is 19.9 Å². The third kappa shape index (κ3) is 3.69. The Balaban J connectivity index is 1.66. The van der Waals surface area contributed by atoms with Crippen molar-refractivity contribution in [3.63, 3.8) is 0 Å². The summed E-state index contributed by atoms with van der Waals surface area (Å²) >= 11 is 0. The van der Waals surface area contributed by atoms with E-state index in [2.05, 4.69) is 15.0 Å². The van der Waals surface area contributed by atoms with E-state index in [1.54, 1.807) is 19.0 Å².